The highest BCUT2D eigenvalue weighted by Gasteiger charge is 2.44. The number of nitrogens with zero attached hydrogens (tertiary/aromatic N) is 2. The van der Waals surface area contributed by atoms with Crippen molar-refractivity contribution < 1.29 is 29.6 Å². The van der Waals surface area contributed by atoms with Gasteiger partial charge >= 0.3 is 5.97 Å². The smallest absolute Gasteiger partial charge is 0.384 e. The Morgan fingerprint density at radius 2 is 1.54 bits per heavy atom. The van der Waals surface area contributed by atoms with Crippen molar-refractivity contribution in [3.63, 3.8) is 0 Å². The van der Waals surface area contributed by atoms with E-state index < -0.39 is 48.9 Å². The van der Waals surface area contributed by atoms with E-state index in [4.69, 9.17) is 0 Å². The molecule has 0 aliphatic carbocycles. The third kappa shape index (κ3) is 6.83. The number of likely N-dealkylation sites (N-methyl/N-ethyl adjacent to an activating group) is 1. The summed E-state index contributed by atoms with van der Waals surface area (Å²) in [6.07, 6.45) is 1.26. The lowest BCUT2D eigenvalue weighted by atomic mass is 9.96. The van der Waals surface area contributed by atoms with Gasteiger partial charge in [-0.1, -0.05) is 48.0 Å². The lowest BCUT2D eigenvalue weighted by Gasteiger charge is -2.42. The van der Waals surface area contributed by atoms with Crippen molar-refractivity contribution in [2.45, 2.75) is 78.4 Å². The molecule has 28 heavy (non-hydrogen) atoms. The first-order valence-corrected chi connectivity index (χ1v) is 12.6. The molecule has 4 atom stereocenters. The zero-order valence-corrected chi connectivity index (χ0v) is 19.4. The summed E-state index contributed by atoms with van der Waals surface area (Å²) in [5, 5.41) is 31.1. The maximum atomic E-state index is 13.2. The fraction of sp³-hybridized carbons (Fsp3) is 0.895. The minimum absolute atomic E-state index is 0.240. The summed E-state index contributed by atoms with van der Waals surface area (Å²) < 4.78 is 12.5. The molecule has 0 saturated carbocycles. The number of aliphatic hydroxyl groups is 1. The van der Waals surface area contributed by atoms with Gasteiger partial charge in [0.05, 0.1) is 6.04 Å². The first kappa shape index (κ1) is 27.0. The molecule has 0 radical (unpaired) electrons. The number of hydrogen-bond acceptors (Lipinski definition) is 5. The second-order valence-electron chi connectivity index (χ2n) is 8.45. The van der Waals surface area contributed by atoms with Crippen LogP contribution in [0.1, 0.15) is 54.4 Å². The lowest BCUT2D eigenvalue weighted by Crippen LogP contribution is -2.59. The van der Waals surface area contributed by atoms with Crippen LogP contribution in [0.3, 0.4) is 0 Å². The number of carbonyl (C=O) groups is 1. The van der Waals surface area contributed by atoms with Crippen LogP contribution in [0.5, 0.6) is 0 Å². The van der Waals surface area contributed by atoms with Crippen LogP contribution >= 0.6 is 7.14 Å². The second kappa shape index (κ2) is 11.3. The van der Waals surface area contributed by atoms with Gasteiger partial charge in [0.1, 0.15) is 13.0 Å². The summed E-state index contributed by atoms with van der Waals surface area (Å²) in [6, 6.07) is -2.61. The van der Waals surface area contributed by atoms with Crippen LogP contribution in [0, 0.1) is 11.8 Å². The second-order valence-corrected chi connectivity index (χ2v) is 11.9. The van der Waals surface area contributed by atoms with E-state index in [1.807, 2.05) is 27.7 Å². The van der Waals surface area contributed by atoms with Gasteiger partial charge in [-0.3, -0.25) is 14.9 Å². The summed E-state index contributed by atoms with van der Waals surface area (Å²) in [5.74, 6) is -3.49. The molecule has 4 unspecified atom stereocenters. The lowest BCUT2D eigenvalue weighted by molar-refractivity contribution is -0.184. The maximum absolute atomic E-state index is 13.2. The largest absolute Gasteiger partial charge is 0.507 e. The van der Waals surface area contributed by atoms with Gasteiger partial charge in [-0.25, -0.2) is 5.06 Å². The Labute approximate surface area is 169 Å². The molecule has 0 aliphatic rings. The van der Waals surface area contributed by atoms with Crippen molar-refractivity contribution >= 4 is 19.0 Å². The number of aliphatic carboxylic acids is 1. The Hall–Kier alpha value is -0.950. The minimum Gasteiger partial charge on any atom is -0.384 e. The van der Waals surface area contributed by atoms with E-state index in [0.29, 0.717) is 18.0 Å². The van der Waals surface area contributed by atoms with E-state index in [2.05, 4.69) is 0 Å². The van der Waals surface area contributed by atoms with Crippen molar-refractivity contribution in [1.29, 1.82) is 0 Å². The molecule has 1 amide bonds. The normalized spacial score (nSPS) is 16.9. The Bertz CT molecular complexity index is 563. The molecule has 0 fully saturated rings. The first-order valence-electron chi connectivity index (χ1n) is 9.97. The van der Waals surface area contributed by atoms with Crippen molar-refractivity contribution in [3.8, 4) is 0 Å². The molecular formula is C19H40N2O6P+. The number of carboxylic acid groups (broad SMARTS) is 1. The average Bonchev–Trinajstić information content (AvgIpc) is 2.54. The molecule has 0 saturated heterocycles. The van der Waals surface area contributed by atoms with Crippen molar-refractivity contribution in [3.05, 3.63) is 0 Å². The Morgan fingerprint density at radius 1 is 1.07 bits per heavy atom. The molecule has 0 aromatic heterocycles. The van der Waals surface area contributed by atoms with E-state index >= 15 is 0 Å². The Morgan fingerprint density at radius 3 is 1.82 bits per heavy atom. The van der Waals surface area contributed by atoms with Gasteiger partial charge in [0.25, 0.3) is 5.91 Å². The van der Waals surface area contributed by atoms with E-state index in [0.717, 1.165) is 6.42 Å². The topological polar surface area (TPSA) is 123 Å². The monoisotopic (exact) mass is 423 g/mol. The van der Waals surface area contributed by atoms with Gasteiger partial charge in [-0.05, 0) is 38.1 Å². The summed E-state index contributed by atoms with van der Waals surface area (Å²) in [4.78, 5) is 24.5. The fourth-order valence-electron chi connectivity index (χ4n) is 3.61. The van der Waals surface area contributed by atoms with E-state index in [1.165, 1.54) is 13.3 Å². The van der Waals surface area contributed by atoms with Crippen LogP contribution in [-0.2, 0) is 9.36 Å². The van der Waals surface area contributed by atoms with Gasteiger partial charge in [0, 0.05) is 6.04 Å². The Kier molecular flexibility index (Phi) is 10.9. The molecular weight excluding hydrogens is 383 g/mol. The van der Waals surface area contributed by atoms with Crippen LogP contribution in [0.25, 0.3) is 0 Å². The standard InChI is InChI=1S/C19H39N2O6P/c1-9-11-14(19(25)28(7,8)27)20(10-2)15(12(3)4)17(22)21(26)16(13(5)6)18(23)24/h12-16,19,25-26H,9-11H2,1-8H3,(H,23,24)/p+1. The number of hydroxylamine groups is 2. The van der Waals surface area contributed by atoms with Crippen LogP contribution in [0.2, 0.25) is 0 Å². The van der Waals surface area contributed by atoms with Gasteiger partial charge in [-0.2, -0.15) is 0 Å². The zero-order chi connectivity index (χ0) is 22.4. The quantitative estimate of drug-likeness (QED) is 0.192. The zero-order valence-electron chi connectivity index (χ0n) is 18.5. The highest BCUT2D eigenvalue weighted by Crippen LogP contribution is 2.45. The van der Waals surface area contributed by atoms with Crippen LogP contribution < -0.4 is 0 Å². The average molecular weight is 424 g/mol. The molecule has 8 nitrogen and oxygen atoms in total. The molecule has 0 spiro atoms. The molecule has 0 aromatic rings. The minimum atomic E-state index is -2.84. The molecule has 166 valence electrons. The van der Waals surface area contributed by atoms with Crippen molar-refractivity contribution in [1.82, 2.24) is 9.96 Å². The highest BCUT2D eigenvalue weighted by molar-refractivity contribution is 7.62. The molecule has 4 N–H and O–H groups in total. The number of rotatable bonds is 12. The van der Waals surface area contributed by atoms with E-state index in [1.54, 1.807) is 18.7 Å². The molecule has 0 aromatic carbocycles. The first-order chi connectivity index (χ1) is 12.7. The summed E-state index contributed by atoms with van der Waals surface area (Å²) in [7, 11) is -2.84. The number of aliphatic hydroxyl groups excluding tert-OH is 2. The molecule has 9 heteroatoms. The van der Waals surface area contributed by atoms with E-state index in [-0.39, 0.29) is 5.92 Å². The van der Waals surface area contributed by atoms with Crippen LogP contribution in [0.4, 0.5) is 0 Å². The van der Waals surface area contributed by atoms with Gasteiger partial charge in [-0.15, -0.1) is 0 Å². The van der Waals surface area contributed by atoms with Crippen molar-refractivity contribution in [2.24, 2.45) is 11.8 Å². The molecule has 0 aliphatic heterocycles. The molecule has 0 rings (SSSR count). The summed E-state index contributed by atoms with van der Waals surface area (Å²) in [6.45, 7) is 14.2. The van der Waals surface area contributed by atoms with Gasteiger partial charge < -0.3 is 19.6 Å². The molecule has 0 bridgehead atoms. The van der Waals surface area contributed by atoms with Crippen LogP contribution in [-0.4, -0.2) is 85.9 Å². The SMILES string of the molecule is CCCC(C(O)P(C)(C)=O)N(CC)C(C(=O)N(O)C(C(O)=[OH+])C(C)C)C(C)C. The third-order valence-electron chi connectivity index (χ3n) is 4.98. The fourth-order valence-corrected chi connectivity index (χ4v) is 4.76. The van der Waals surface area contributed by atoms with Gasteiger partial charge in [0.15, 0.2) is 0 Å². The predicted octanol–water partition coefficient (Wildman–Crippen LogP) is 2.75. The van der Waals surface area contributed by atoms with Crippen molar-refractivity contribution in [2.75, 3.05) is 19.9 Å². The van der Waals surface area contributed by atoms with Crippen LogP contribution in [0.15, 0.2) is 0 Å². The van der Waals surface area contributed by atoms with Gasteiger partial charge in [0.2, 0.25) is 6.04 Å². The third-order valence-corrected chi connectivity index (χ3v) is 6.60. The number of hydrogen-bond donors (Lipinski definition) is 3. The number of carboxylic acids is 1. The predicted molar refractivity (Wildman–Crippen MR) is 112 cm³/mol. The Balaban J connectivity index is 6.09. The maximum Gasteiger partial charge on any atom is 0.507 e. The number of amides is 1. The summed E-state index contributed by atoms with van der Waals surface area (Å²) >= 11 is 0. The highest BCUT2D eigenvalue weighted by atomic mass is 31.2. The molecule has 0 heterocycles. The van der Waals surface area contributed by atoms with E-state index in [9.17, 15) is 29.6 Å². The summed E-state index contributed by atoms with van der Waals surface area (Å²) in [5.41, 5.74) is 0. The number of carbonyl (C=O) groups excluding carboxylic acids is 1.